The summed E-state index contributed by atoms with van der Waals surface area (Å²) in [5.74, 6) is -0.241. The molecule has 2 aromatic carbocycles. The third-order valence-corrected chi connectivity index (χ3v) is 3.57. The van der Waals surface area contributed by atoms with E-state index in [9.17, 15) is 4.39 Å². The predicted molar refractivity (Wildman–Crippen MR) is 78.9 cm³/mol. The van der Waals surface area contributed by atoms with Gasteiger partial charge in [0.1, 0.15) is 5.82 Å². The molecule has 1 aromatic heterocycles. The summed E-state index contributed by atoms with van der Waals surface area (Å²) >= 11 is 0. The molecule has 1 heterocycles. The number of halogens is 1. The monoisotopic (exact) mass is 266 g/mol. The fourth-order valence-corrected chi connectivity index (χ4v) is 2.53. The first-order chi connectivity index (χ1) is 9.66. The van der Waals surface area contributed by atoms with Crippen LogP contribution in [0.5, 0.6) is 0 Å². The van der Waals surface area contributed by atoms with Gasteiger partial charge in [0.15, 0.2) is 0 Å². The van der Waals surface area contributed by atoms with Crippen LogP contribution in [-0.2, 0) is 0 Å². The van der Waals surface area contributed by atoms with Gasteiger partial charge in [0.25, 0.3) is 0 Å². The largest absolute Gasteiger partial charge is 0.320 e. The molecule has 3 heteroatoms. The van der Waals surface area contributed by atoms with Crippen LogP contribution in [-0.4, -0.2) is 4.98 Å². The molecule has 0 fully saturated rings. The van der Waals surface area contributed by atoms with Crippen LogP contribution in [0.2, 0.25) is 0 Å². The summed E-state index contributed by atoms with van der Waals surface area (Å²) in [4.78, 5) is 4.42. The van der Waals surface area contributed by atoms with Crippen molar-refractivity contribution in [3.05, 3.63) is 77.2 Å². The van der Waals surface area contributed by atoms with E-state index in [0.29, 0.717) is 0 Å². The summed E-state index contributed by atoms with van der Waals surface area (Å²) in [7, 11) is 0. The predicted octanol–water partition coefficient (Wildman–Crippen LogP) is 3.73. The summed E-state index contributed by atoms with van der Waals surface area (Å²) in [5.41, 5.74) is 9.99. The van der Waals surface area contributed by atoms with E-state index in [4.69, 9.17) is 5.73 Å². The Hall–Kier alpha value is -2.26. The zero-order chi connectivity index (χ0) is 14.1. The minimum absolute atomic E-state index is 0.241. The van der Waals surface area contributed by atoms with Crippen LogP contribution >= 0.6 is 0 Å². The van der Waals surface area contributed by atoms with E-state index in [-0.39, 0.29) is 11.9 Å². The number of hydrogen-bond donors (Lipinski definition) is 1. The number of hydrogen-bond acceptors (Lipinski definition) is 2. The summed E-state index contributed by atoms with van der Waals surface area (Å²) in [6.07, 6.45) is 1.76. The molecule has 1 unspecified atom stereocenters. The lowest BCUT2D eigenvalue weighted by molar-refractivity contribution is 0.625. The maximum absolute atomic E-state index is 13.2. The minimum atomic E-state index is -0.311. The van der Waals surface area contributed by atoms with Gasteiger partial charge in [-0.3, -0.25) is 4.98 Å². The molecule has 0 aliphatic carbocycles. The Kier molecular flexibility index (Phi) is 3.20. The standard InChI is InChI=1S/C17H15FN2/c1-11-10-13(18)7-8-14(11)16(19)15-6-2-4-12-5-3-9-20-17(12)15/h2-10,16H,19H2,1H3. The van der Waals surface area contributed by atoms with Gasteiger partial charge in [-0.05, 0) is 41.8 Å². The first-order valence-electron chi connectivity index (χ1n) is 6.52. The van der Waals surface area contributed by atoms with E-state index in [1.54, 1.807) is 12.3 Å². The van der Waals surface area contributed by atoms with Crippen molar-refractivity contribution in [3.8, 4) is 0 Å². The second kappa shape index (κ2) is 5.02. The Morgan fingerprint density at radius 1 is 1.05 bits per heavy atom. The highest BCUT2D eigenvalue weighted by molar-refractivity contribution is 5.82. The zero-order valence-electron chi connectivity index (χ0n) is 11.2. The number of fused-ring (bicyclic) bond motifs is 1. The lowest BCUT2D eigenvalue weighted by Gasteiger charge is -2.16. The van der Waals surface area contributed by atoms with E-state index in [2.05, 4.69) is 4.98 Å². The average Bonchev–Trinajstić information content (AvgIpc) is 2.46. The van der Waals surface area contributed by atoms with Crippen LogP contribution < -0.4 is 5.73 Å². The number of nitrogens with zero attached hydrogens (tertiary/aromatic N) is 1. The number of aryl methyl sites for hydroxylation is 1. The van der Waals surface area contributed by atoms with Gasteiger partial charge in [0, 0.05) is 11.6 Å². The van der Waals surface area contributed by atoms with E-state index in [1.165, 1.54) is 12.1 Å². The number of para-hydroxylation sites is 1. The van der Waals surface area contributed by atoms with Crippen molar-refractivity contribution in [2.45, 2.75) is 13.0 Å². The van der Waals surface area contributed by atoms with Crippen LogP contribution in [0.1, 0.15) is 22.7 Å². The Bertz CT molecular complexity index is 763. The van der Waals surface area contributed by atoms with Crippen molar-refractivity contribution in [2.75, 3.05) is 0 Å². The zero-order valence-corrected chi connectivity index (χ0v) is 11.2. The fourth-order valence-electron chi connectivity index (χ4n) is 2.53. The molecule has 3 rings (SSSR count). The van der Waals surface area contributed by atoms with Crippen molar-refractivity contribution < 1.29 is 4.39 Å². The van der Waals surface area contributed by atoms with Gasteiger partial charge in [-0.25, -0.2) is 4.39 Å². The topological polar surface area (TPSA) is 38.9 Å². The molecule has 0 aliphatic rings. The molecule has 0 spiro atoms. The van der Waals surface area contributed by atoms with Crippen LogP contribution in [0.4, 0.5) is 4.39 Å². The lowest BCUT2D eigenvalue weighted by Crippen LogP contribution is -2.14. The van der Waals surface area contributed by atoms with Crippen LogP contribution in [0, 0.1) is 12.7 Å². The smallest absolute Gasteiger partial charge is 0.123 e. The van der Waals surface area contributed by atoms with Crippen molar-refractivity contribution in [1.29, 1.82) is 0 Å². The van der Waals surface area contributed by atoms with Crippen LogP contribution in [0.15, 0.2) is 54.7 Å². The molecular weight excluding hydrogens is 251 g/mol. The molecule has 0 radical (unpaired) electrons. The Morgan fingerprint density at radius 2 is 1.85 bits per heavy atom. The van der Waals surface area contributed by atoms with Gasteiger partial charge < -0.3 is 5.73 Å². The molecule has 2 nitrogen and oxygen atoms in total. The van der Waals surface area contributed by atoms with Crippen molar-refractivity contribution in [2.24, 2.45) is 5.73 Å². The molecule has 1 atom stereocenters. The second-order valence-electron chi connectivity index (χ2n) is 4.90. The summed E-state index contributed by atoms with van der Waals surface area (Å²) < 4.78 is 13.2. The lowest BCUT2D eigenvalue weighted by atomic mass is 9.94. The maximum atomic E-state index is 13.2. The first kappa shape index (κ1) is 12.8. The molecule has 0 saturated carbocycles. The minimum Gasteiger partial charge on any atom is -0.320 e. The van der Waals surface area contributed by atoms with Crippen LogP contribution in [0.3, 0.4) is 0 Å². The SMILES string of the molecule is Cc1cc(F)ccc1C(N)c1cccc2cccnc12. The van der Waals surface area contributed by atoms with Gasteiger partial charge >= 0.3 is 0 Å². The normalized spacial score (nSPS) is 12.6. The summed E-state index contributed by atoms with van der Waals surface area (Å²) in [6, 6.07) is 14.3. The highest BCUT2D eigenvalue weighted by atomic mass is 19.1. The quantitative estimate of drug-likeness (QED) is 0.767. The van der Waals surface area contributed by atoms with Crippen molar-refractivity contribution in [1.82, 2.24) is 4.98 Å². The van der Waals surface area contributed by atoms with E-state index in [0.717, 1.165) is 27.6 Å². The second-order valence-corrected chi connectivity index (χ2v) is 4.90. The molecule has 0 saturated heterocycles. The summed E-state index contributed by atoms with van der Waals surface area (Å²) in [5, 5.41) is 1.06. The molecule has 3 aromatic rings. The number of rotatable bonds is 2. The summed E-state index contributed by atoms with van der Waals surface area (Å²) in [6.45, 7) is 1.87. The molecule has 0 aliphatic heterocycles. The van der Waals surface area contributed by atoms with E-state index in [1.807, 2.05) is 37.3 Å². The van der Waals surface area contributed by atoms with Gasteiger partial charge in [-0.1, -0.05) is 30.3 Å². The molecule has 0 bridgehead atoms. The van der Waals surface area contributed by atoms with Gasteiger partial charge in [0.05, 0.1) is 11.6 Å². The fraction of sp³-hybridized carbons (Fsp3) is 0.118. The number of aromatic nitrogens is 1. The van der Waals surface area contributed by atoms with Gasteiger partial charge in [0.2, 0.25) is 0 Å². The third kappa shape index (κ3) is 2.17. The first-order valence-corrected chi connectivity index (χ1v) is 6.52. The third-order valence-electron chi connectivity index (χ3n) is 3.57. The number of nitrogens with two attached hydrogens (primary N) is 1. The van der Waals surface area contributed by atoms with Gasteiger partial charge in [-0.2, -0.15) is 0 Å². The number of benzene rings is 2. The number of pyridine rings is 1. The Labute approximate surface area is 117 Å². The van der Waals surface area contributed by atoms with E-state index >= 15 is 0 Å². The molecular formula is C17H15FN2. The van der Waals surface area contributed by atoms with Crippen LogP contribution in [0.25, 0.3) is 10.9 Å². The molecule has 20 heavy (non-hydrogen) atoms. The van der Waals surface area contributed by atoms with Crippen molar-refractivity contribution >= 4 is 10.9 Å². The average molecular weight is 266 g/mol. The van der Waals surface area contributed by atoms with Crippen molar-refractivity contribution in [3.63, 3.8) is 0 Å². The Balaban J connectivity index is 2.15. The Morgan fingerprint density at radius 3 is 2.65 bits per heavy atom. The highest BCUT2D eigenvalue weighted by Gasteiger charge is 2.15. The maximum Gasteiger partial charge on any atom is 0.123 e. The van der Waals surface area contributed by atoms with Gasteiger partial charge in [-0.15, -0.1) is 0 Å². The molecule has 2 N–H and O–H groups in total. The molecule has 100 valence electrons. The molecule has 0 amide bonds. The van der Waals surface area contributed by atoms with E-state index < -0.39 is 0 Å². The highest BCUT2D eigenvalue weighted by Crippen LogP contribution is 2.27.